The van der Waals surface area contributed by atoms with Crippen molar-refractivity contribution in [3.63, 3.8) is 0 Å². The molecule has 1 saturated heterocycles. The zero-order valence-corrected chi connectivity index (χ0v) is 11.6. The fourth-order valence-corrected chi connectivity index (χ4v) is 3.28. The lowest BCUT2D eigenvalue weighted by molar-refractivity contribution is -0.147. The van der Waals surface area contributed by atoms with Crippen LogP contribution in [0.25, 0.3) is 0 Å². The van der Waals surface area contributed by atoms with E-state index in [0.717, 1.165) is 12.8 Å². The third-order valence-electron chi connectivity index (χ3n) is 4.17. The molecule has 1 amide bonds. The first kappa shape index (κ1) is 13.9. The Kier molecular flexibility index (Phi) is 3.29. The summed E-state index contributed by atoms with van der Waals surface area (Å²) in [6, 6.07) is 0. The Hall–Kier alpha value is -1.08. The second-order valence-electron chi connectivity index (χ2n) is 5.44. The number of amides is 1. The van der Waals surface area contributed by atoms with E-state index in [9.17, 15) is 15.0 Å². The molecule has 2 aliphatic heterocycles. The minimum absolute atomic E-state index is 0.116. The predicted molar refractivity (Wildman–Crippen MR) is 71.3 cm³/mol. The molecule has 110 valence electrons. The van der Waals surface area contributed by atoms with Gasteiger partial charge in [-0.2, -0.15) is 0 Å². The van der Waals surface area contributed by atoms with Crippen molar-refractivity contribution in [1.29, 1.82) is 0 Å². The first-order valence-electron chi connectivity index (χ1n) is 6.57. The van der Waals surface area contributed by atoms with Crippen molar-refractivity contribution < 1.29 is 19.7 Å². The number of hydrogen-bond acceptors (Lipinski definition) is 5. The molecule has 6 nitrogen and oxygen atoms in total. The Morgan fingerprint density at radius 1 is 1.60 bits per heavy atom. The second-order valence-corrected chi connectivity index (χ2v) is 5.95. The molecule has 3 rings (SSSR count). The lowest BCUT2D eigenvalue weighted by Gasteiger charge is -2.34. The molecule has 20 heavy (non-hydrogen) atoms. The van der Waals surface area contributed by atoms with Crippen LogP contribution in [0, 0.1) is 5.92 Å². The zero-order valence-electron chi connectivity index (χ0n) is 10.8. The Bertz CT molecular complexity index is 479. The van der Waals surface area contributed by atoms with Crippen molar-refractivity contribution >= 4 is 17.5 Å². The maximum atomic E-state index is 11.2. The summed E-state index contributed by atoms with van der Waals surface area (Å²) in [5.41, 5.74) is -1.02. The van der Waals surface area contributed by atoms with Crippen LogP contribution in [-0.4, -0.2) is 50.9 Å². The van der Waals surface area contributed by atoms with Crippen molar-refractivity contribution in [1.82, 2.24) is 10.2 Å². The van der Waals surface area contributed by atoms with Crippen LogP contribution in [0.15, 0.2) is 24.7 Å². The summed E-state index contributed by atoms with van der Waals surface area (Å²) in [6.07, 6.45) is 3.02. The number of hydrogen-bond donors (Lipinski definition) is 3. The van der Waals surface area contributed by atoms with E-state index in [4.69, 9.17) is 16.3 Å². The normalized spacial score (nSPS) is 41.1. The SMILES string of the molecule is C=C1NC(=O)C=CN1[C@@H]1O[C@@](CO)(C2CC2)[C@@H](O)[C@H]1Cl. The molecular formula is C13H17ClN2O4. The van der Waals surface area contributed by atoms with Gasteiger partial charge in [0.15, 0.2) is 6.23 Å². The summed E-state index contributed by atoms with van der Waals surface area (Å²) >= 11 is 6.28. The smallest absolute Gasteiger partial charge is 0.250 e. The quantitative estimate of drug-likeness (QED) is 0.633. The highest BCUT2D eigenvalue weighted by molar-refractivity contribution is 6.21. The topological polar surface area (TPSA) is 82.0 Å². The number of nitrogens with zero attached hydrogens (tertiary/aromatic N) is 1. The van der Waals surface area contributed by atoms with Crippen LogP contribution in [0.5, 0.6) is 0 Å². The molecule has 3 N–H and O–H groups in total. The van der Waals surface area contributed by atoms with Crippen molar-refractivity contribution in [3.8, 4) is 0 Å². The zero-order chi connectivity index (χ0) is 14.5. The summed E-state index contributed by atoms with van der Waals surface area (Å²) in [7, 11) is 0. The molecule has 3 aliphatic rings. The van der Waals surface area contributed by atoms with Gasteiger partial charge in [-0.05, 0) is 18.8 Å². The number of alkyl halides is 1. The highest BCUT2D eigenvalue weighted by atomic mass is 35.5. The first-order valence-corrected chi connectivity index (χ1v) is 7.00. The molecule has 2 fully saturated rings. The standard InChI is InChI=1S/C13H17ClN2O4/c1-7-15-9(18)4-5-16(7)12-10(14)11(19)13(6-17,20-12)8-2-3-8/h4-5,8,10-12,17,19H,1-3,6H2,(H,15,18)/t10-,11+,12-,13+/m1/s1. The fourth-order valence-electron chi connectivity index (χ4n) is 2.89. The third kappa shape index (κ3) is 1.95. The van der Waals surface area contributed by atoms with Crippen LogP contribution in [0.2, 0.25) is 0 Å². The van der Waals surface area contributed by atoms with Crippen molar-refractivity contribution in [2.45, 2.75) is 36.2 Å². The molecule has 0 radical (unpaired) electrons. The van der Waals surface area contributed by atoms with Crippen LogP contribution in [-0.2, 0) is 9.53 Å². The molecule has 7 heteroatoms. The molecule has 1 aliphatic carbocycles. The van der Waals surface area contributed by atoms with Crippen LogP contribution < -0.4 is 5.32 Å². The molecule has 0 aromatic carbocycles. The van der Waals surface area contributed by atoms with Crippen LogP contribution in [0.3, 0.4) is 0 Å². The Balaban J connectivity index is 1.86. The van der Waals surface area contributed by atoms with Crippen LogP contribution in [0.1, 0.15) is 12.8 Å². The molecule has 1 saturated carbocycles. The molecule has 4 atom stereocenters. The number of aliphatic hydroxyl groups is 2. The average molecular weight is 301 g/mol. The highest BCUT2D eigenvalue weighted by Crippen LogP contribution is 2.50. The predicted octanol–water partition coefficient (Wildman–Crippen LogP) is -0.131. The van der Waals surface area contributed by atoms with Gasteiger partial charge in [-0.3, -0.25) is 4.79 Å². The second kappa shape index (κ2) is 4.73. The molecule has 0 spiro atoms. The number of halogens is 1. The number of carbonyl (C=O) groups is 1. The van der Waals surface area contributed by atoms with Gasteiger partial charge in [0.1, 0.15) is 22.9 Å². The number of carbonyl (C=O) groups excluding carboxylic acids is 1. The lowest BCUT2D eigenvalue weighted by Crippen LogP contribution is -2.47. The van der Waals surface area contributed by atoms with Gasteiger partial charge in [0.25, 0.3) is 5.91 Å². The number of rotatable bonds is 3. The van der Waals surface area contributed by atoms with Gasteiger partial charge in [-0.25, -0.2) is 0 Å². The number of ether oxygens (including phenoxy) is 1. The monoisotopic (exact) mass is 300 g/mol. The van der Waals surface area contributed by atoms with Crippen LogP contribution in [0.4, 0.5) is 0 Å². The fraction of sp³-hybridized carbons (Fsp3) is 0.615. The molecule has 0 bridgehead atoms. The van der Waals surface area contributed by atoms with E-state index >= 15 is 0 Å². The van der Waals surface area contributed by atoms with E-state index in [0.29, 0.717) is 5.82 Å². The van der Waals surface area contributed by atoms with E-state index in [1.165, 1.54) is 12.3 Å². The van der Waals surface area contributed by atoms with Gasteiger partial charge in [0, 0.05) is 12.3 Å². The minimum atomic E-state index is -1.02. The maximum Gasteiger partial charge on any atom is 0.250 e. The first-order chi connectivity index (χ1) is 9.49. The Labute approximate surface area is 121 Å². The Morgan fingerprint density at radius 3 is 2.85 bits per heavy atom. The molecule has 0 aromatic heterocycles. The van der Waals surface area contributed by atoms with E-state index in [-0.39, 0.29) is 18.4 Å². The summed E-state index contributed by atoms with van der Waals surface area (Å²) in [4.78, 5) is 12.8. The maximum absolute atomic E-state index is 11.2. The lowest BCUT2D eigenvalue weighted by atomic mass is 9.92. The van der Waals surface area contributed by atoms with Crippen molar-refractivity contribution in [2.24, 2.45) is 5.92 Å². The van der Waals surface area contributed by atoms with E-state index in [2.05, 4.69) is 11.9 Å². The Morgan fingerprint density at radius 2 is 2.30 bits per heavy atom. The van der Waals surface area contributed by atoms with Gasteiger partial charge in [0.05, 0.1) is 6.61 Å². The van der Waals surface area contributed by atoms with Crippen LogP contribution >= 0.6 is 11.6 Å². The summed E-state index contributed by atoms with van der Waals surface area (Å²) < 4.78 is 5.92. The largest absolute Gasteiger partial charge is 0.393 e. The molecular weight excluding hydrogens is 284 g/mol. The van der Waals surface area contributed by atoms with Gasteiger partial charge in [0.2, 0.25) is 0 Å². The highest BCUT2D eigenvalue weighted by Gasteiger charge is 2.61. The summed E-state index contributed by atoms with van der Waals surface area (Å²) in [5, 5.41) is 21.9. The third-order valence-corrected chi connectivity index (χ3v) is 4.62. The summed E-state index contributed by atoms with van der Waals surface area (Å²) in [6.45, 7) is 3.46. The van der Waals surface area contributed by atoms with Crippen molar-refractivity contribution in [3.05, 3.63) is 24.7 Å². The number of nitrogens with one attached hydrogen (secondary N) is 1. The van der Waals surface area contributed by atoms with E-state index < -0.39 is 23.3 Å². The minimum Gasteiger partial charge on any atom is -0.393 e. The van der Waals surface area contributed by atoms with Gasteiger partial charge < -0.3 is 25.2 Å². The molecule has 0 aromatic rings. The van der Waals surface area contributed by atoms with Gasteiger partial charge in [-0.15, -0.1) is 11.6 Å². The summed E-state index contributed by atoms with van der Waals surface area (Å²) in [5.74, 6) is 0.182. The number of aliphatic hydroxyl groups excluding tert-OH is 2. The van der Waals surface area contributed by atoms with Crippen molar-refractivity contribution in [2.75, 3.05) is 6.61 Å². The molecule has 2 heterocycles. The van der Waals surface area contributed by atoms with E-state index in [1.807, 2.05) is 0 Å². The van der Waals surface area contributed by atoms with E-state index in [1.54, 1.807) is 4.90 Å². The molecule has 0 unspecified atom stereocenters. The van der Waals surface area contributed by atoms with Gasteiger partial charge >= 0.3 is 0 Å². The van der Waals surface area contributed by atoms with Gasteiger partial charge in [-0.1, -0.05) is 6.58 Å². The average Bonchev–Trinajstić information content (AvgIpc) is 3.22.